The number of carbonyl (C=O) groups excluding carboxylic acids is 1. The van der Waals surface area contributed by atoms with Gasteiger partial charge in [-0.2, -0.15) is 0 Å². The van der Waals surface area contributed by atoms with Crippen LogP contribution in [0.3, 0.4) is 0 Å². The number of ether oxygens (including phenoxy) is 1. The Morgan fingerprint density at radius 3 is 2.82 bits per heavy atom. The number of nitrogens with zero attached hydrogens (tertiary/aromatic N) is 2. The van der Waals surface area contributed by atoms with Crippen molar-refractivity contribution in [3.8, 4) is 5.88 Å². The Bertz CT molecular complexity index is 696. The Hall–Kier alpha value is -2.21. The molecule has 1 amide bonds. The fourth-order valence-electron chi connectivity index (χ4n) is 2.70. The topological polar surface area (TPSA) is 76.1 Å². The van der Waals surface area contributed by atoms with Crippen molar-refractivity contribution in [3.05, 3.63) is 24.4 Å². The highest BCUT2D eigenvalue weighted by atomic mass is 16.5. The zero-order valence-corrected chi connectivity index (χ0v) is 12.8. The highest BCUT2D eigenvalue weighted by Gasteiger charge is 2.34. The van der Waals surface area contributed by atoms with E-state index in [1.54, 1.807) is 25.4 Å². The van der Waals surface area contributed by atoms with Gasteiger partial charge in [0.05, 0.1) is 18.3 Å². The number of hydrogen-bond donors (Lipinski definition) is 2. The van der Waals surface area contributed by atoms with E-state index < -0.39 is 0 Å². The molecule has 6 heteroatoms. The van der Waals surface area contributed by atoms with Crippen LogP contribution in [0.4, 0.5) is 5.69 Å². The molecule has 0 radical (unpaired) electrons. The first kappa shape index (κ1) is 14.7. The lowest BCUT2D eigenvalue weighted by Gasteiger charge is -2.32. The maximum atomic E-state index is 12.7. The molecule has 0 bridgehead atoms. The van der Waals surface area contributed by atoms with Crippen molar-refractivity contribution >= 4 is 22.6 Å². The summed E-state index contributed by atoms with van der Waals surface area (Å²) in [5.41, 5.74) is 1.70. The molecule has 1 fully saturated rings. The van der Waals surface area contributed by atoms with Crippen molar-refractivity contribution in [2.45, 2.75) is 19.8 Å². The SMILES string of the molecule is COc1ccc2nccc(NC(=O)C3(C)CCNCC3)c2n1. The van der Waals surface area contributed by atoms with Crippen LogP contribution in [0.1, 0.15) is 19.8 Å². The summed E-state index contributed by atoms with van der Waals surface area (Å²) < 4.78 is 5.16. The highest BCUT2D eigenvalue weighted by Crippen LogP contribution is 2.31. The number of aromatic nitrogens is 2. The Morgan fingerprint density at radius 1 is 1.32 bits per heavy atom. The number of amides is 1. The molecular formula is C16H20N4O2. The molecule has 0 spiro atoms. The van der Waals surface area contributed by atoms with Gasteiger partial charge in [0.15, 0.2) is 0 Å². The summed E-state index contributed by atoms with van der Waals surface area (Å²) in [6.45, 7) is 3.75. The van der Waals surface area contributed by atoms with Gasteiger partial charge in [-0.1, -0.05) is 6.92 Å². The molecule has 2 N–H and O–H groups in total. The molecule has 0 unspecified atom stereocenters. The number of carbonyl (C=O) groups is 1. The van der Waals surface area contributed by atoms with Gasteiger partial charge in [0.2, 0.25) is 11.8 Å². The first-order valence-corrected chi connectivity index (χ1v) is 7.44. The predicted molar refractivity (Wildman–Crippen MR) is 84.9 cm³/mol. The monoisotopic (exact) mass is 300 g/mol. The van der Waals surface area contributed by atoms with Crippen molar-refractivity contribution in [1.29, 1.82) is 0 Å². The van der Waals surface area contributed by atoms with Gasteiger partial charge in [-0.05, 0) is 38.1 Å². The average Bonchev–Trinajstić information content (AvgIpc) is 2.55. The lowest BCUT2D eigenvalue weighted by Crippen LogP contribution is -2.42. The van der Waals surface area contributed by atoms with Crippen molar-refractivity contribution in [2.24, 2.45) is 5.41 Å². The molecule has 0 aliphatic carbocycles. The van der Waals surface area contributed by atoms with E-state index in [9.17, 15) is 4.79 Å². The Morgan fingerprint density at radius 2 is 2.09 bits per heavy atom. The Balaban J connectivity index is 1.91. The van der Waals surface area contributed by atoms with Gasteiger partial charge in [-0.25, -0.2) is 4.98 Å². The van der Waals surface area contributed by atoms with E-state index in [0.29, 0.717) is 17.1 Å². The first-order valence-electron chi connectivity index (χ1n) is 7.44. The first-order chi connectivity index (χ1) is 10.6. The van der Waals surface area contributed by atoms with Gasteiger partial charge in [-0.15, -0.1) is 0 Å². The molecule has 1 aliphatic rings. The van der Waals surface area contributed by atoms with Gasteiger partial charge >= 0.3 is 0 Å². The molecule has 116 valence electrons. The third-order valence-corrected chi connectivity index (χ3v) is 4.27. The number of rotatable bonds is 3. The number of methoxy groups -OCH3 is 1. The van der Waals surface area contributed by atoms with Crippen LogP contribution in [-0.2, 0) is 4.79 Å². The zero-order chi connectivity index (χ0) is 15.6. The van der Waals surface area contributed by atoms with Crippen LogP contribution in [0.5, 0.6) is 5.88 Å². The molecule has 2 aromatic heterocycles. The molecule has 2 aromatic rings. The van der Waals surface area contributed by atoms with Crippen LogP contribution in [0.15, 0.2) is 24.4 Å². The van der Waals surface area contributed by atoms with Crippen molar-refractivity contribution < 1.29 is 9.53 Å². The largest absolute Gasteiger partial charge is 0.481 e. The fourth-order valence-corrected chi connectivity index (χ4v) is 2.70. The third-order valence-electron chi connectivity index (χ3n) is 4.27. The van der Waals surface area contributed by atoms with Crippen LogP contribution in [0.25, 0.3) is 11.0 Å². The summed E-state index contributed by atoms with van der Waals surface area (Å²) in [5, 5.41) is 6.31. The maximum absolute atomic E-state index is 12.7. The minimum absolute atomic E-state index is 0.0334. The average molecular weight is 300 g/mol. The van der Waals surface area contributed by atoms with Gasteiger partial charge in [0.25, 0.3) is 0 Å². The van der Waals surface area contributed by atoms with Crippen LogP contribution >= 0.6 is 0 Å². The summed E-state index contributed by atoms with van der Waals surface area (Å²) in [6.07, 6.45) is 3.34. The predicted octanol–water partition coefficient (Wildman–Crippen LogP) is 1.97. The second-order valence-corrected chi connectivity index (χ2v) is 5.84. The summed E-state index contributed by atoms with van der Waals surface area (Å²) in [7, 11) is 1.57. The normalized spacial score (nSPS) is 17.2. The van der Waals surface area contributed by atoms with E-state index >= 15 is 0 Å². The van der Waals surface area contributed by atoms with E-state index in [1.165, 1.54) is 0 Å². The van der Waals surface area contributed by atoms with Crippen LogP contribution in [-0.4, -0.2) is 36.1 Å². The van der Waals surface area contributed by atoms with E-state index in [0.717, 1.165) is 31.4 Å². The molecule has 1 saturated heterocycles. The van der Waals surface area contributed by atoms with Crippen molar-refractivity contribution in [2.75, 3.05) is 25.5 Å². The summed E-state index contributed by atoms with van der Waals surface area (Å²) in [5.74, 6) is 0.537. The van der Waals surface area contributed by atoms with Crippen molar-refractivity contribution in [3.63, 3.8) is 0 Å². The minimum Gasteiger partial charge on any atom is -0.481 e. The maximum Gasteiger partial charge on any atom is 0.230 e. The Kier molecular flexibility index (Phi) is 3.94. The standard InChI is InChI=1S/C16H20N4O2/c1-16(6-9-17-10-7-16)15(21)19-12-5-8-18-11-3-4-13(22-2)20-14(11)12/h3-5,8,17H,6-7,9-10H2,1-2H3,(H,18,19,21). The van der Waals surface area contributed by atoms with E-state index in [4.69, 9.17) is 4.74 Å². The van der Waals surface area contributed by atoms with Crippen LogP contribution in [0.2, 0.25) is 0 Å². The number of nitrogens with one attached hydrogen (secondary N) is 2. The van der Waals surface area contributed by atoms with Crippen molar-refractivity contribution in [1.82, 2.24) is 15.3 Å². The molecule has 1 aliphatic heterocycles. The number of pyridine rings is 2. The smallest absolute Gasteiger partial charge is 0.230 e. The third kappa shape index (κ3) is 2.74. The lowest BCUT2D eigenvalue weighted by molar-refractivity contribution is -0.126. The van der Waals surface area contributed by atoms with Crippen LogP contribution in [0, 0.1) is 5.41 Å². The van der Waals surface area contributed by atoms with Gasteiger partial charge in [-0.3, -0.25) is 9.78 Å². The molecular weight excluding hydrogens is 280 g/mol. The lowest BCUT2D eigenvalue weighted by atomic mass is 9.80. The van der Waals surface area contributed by atoms with E-state index in [1.807, 2.05) is 13.0 Å². The molecule has 3 rings (SSSR count). The van der Waals surface area contributed by atoms with E-state index in [2.05, 4.69) is 20.6 Å². The number of fused-ring (bicyclic) bond motifs is 1. The van der Waals surface area contributed by atoms with Gasteiger partial charge in [0, 0.05) is 17.7 Å². The van der Waals surface area contributed by atoms with Crippen LogP contribution < -0.4 is 15.4 Å². The summed E-state index contributed by atoms with van der Waals surface area (Å²) >= 11 is 0. The van der Waals surface area contributed by atoms with Gasteiger partial charge in [0.1, 0.15) is 5.52 Å². The van der Waals surface area contributed by atoms with E-state index in [-0.39, 0.29) is 11.3 Å². The summed E-state index contributed by atoms with van der Waals surface area (Å²) in [4.78, 5) is 21.3. The summed E-state index contributed by atoms with van der Waals surface area (Å²) in [6, 6.07) is 5.37. The minimum atomic E-state index is -0.348. The number of piperidine rings is 1. The molecule has 3 heterocycles. The zero-order valence-electron chi connectivity index (χ0n) is 12.8. The second kappa shape index (κ2) is 5.88. The second-order valence-electron chi connectivity index (χ2n) is 5.84. The fraction of sp³-hybridized carbons (Fsp3) is 0.438. The molecule has 0 aromatic carbocycles. The molecule has 6 nitrogen and oxygen atoms in total. The van der Waals surface area contributed by atoms with Gasteiger partial charge < -0.3 is 15.4 Å². The molecule has 0 saturated carbocycles. The highest BCUT2D eigenvalue weighted by molar-refractivity contribution is 6.01. The number of hydrogen-bond acceptors (Lipinski definition) is 5. The number of anilines is 1. The quantitative estimate of drug-likeness (QED) is 0.906. The Labute approximate surface area is 129 Å². The molecule has 0 atom stereocenters. The molecule has 22 heavy (non-hydrogen) atoms.